The maximum absolute atomic E-state index is 12.6. The van der Waals surface area contributed by atoms with Crippen LogP contribution in [0.1, 0.15) is 20.8 Å². The Hall–Kier alpha value is -1.05. The summed E-state index contributed by atoms with van der Waals surface area (Å²) in [6.45, 7) is 5.02. The maximum Gasteiger partial charge on any atom is 0.419 e. The lowest BCUT2D eigenvalue weighted by atomic mass is 9.89. The molecule has 2 atom stereocenters. The summed E-state index contributed by atoms with van der Waals surface area (Å²) in [6, 6.07) is 1.85. The third-order valence-electron chi connectivity index (χ3n) is 2.71. The van der Waals surface area contributed by atoms with Gasteiger partial charge in [0.1, 0.15) is 6.07 Å². The Kier molecular flexibility index (Phi) is 2.83. The fraction of sp³-hybridized carbons (Fsp3) is 0.778. The highest BCUT2D eigenvalue weighted by Gasteiger charge is 2.69. The predicted molar refractivity (Wildman–Crippen MR) is 56.7 cm³/mol. The number of carbonyl (C=O) groups is 1. The number of hydrogen-bond donors (Lipinski definition) is 0. The molecule has 0 spiro atoms. The summed E-state index contributed by atoms with van der Waals surface area (Å²) in [5.41, 5.74) is -0.812. The van der Waals surface area contributed by atoms with Crippen molar-refractivity contribution in [2.24, 2.45) is 5.41 Å². The van der Waals surface area contributed by atoms with E-state index in [4.69, 9.17) is 9.26 Å². The normalized spacial score (nSPS) is 34.8. The zero-order valence-electron chi connectivity index (χ0n) is 9.97. The van der Waals surface area contributed by atoms with Gasteiger partial charge in [-0.15, -0.1) is 0 Å². The summed E-state index contributed by atoms with van der Waals surface area (Å²) in [5, 5.41) is 7.49. The van der Waals surface area contributed by atoms with Crippen LogP contribution in [0.4, 0.5) is 4.79 Å². The van der Waals surface area contributed by atoms with Crippen molar-refractivity contribution in [2.75, 3.05) is 14.2 Å². The molecule has 1 amide bonds. The molecule has 16 heavy (non-hydrogen) atoms. The summed E-state index contributed by atoms with van der Waals surface area (Å²) >= 11 is 0. The molecule has 1 heterocycles. The molecule has 1 aliphatic rings. The van der Waals surface area contributed by atoms with Crippen molar-refractivity contribution in [2.45, 2.75) is 26.1 Å². The van der Waals surface area contributed by atoms with Gasteiger partial charge in [-0.05, 0) is 0 Å². The van der Waals surface area contributed by atoms with Crippen molar-refractivity contribution in [3.8, 4) is 6.07 Å². The first-order valence-corrected chi connectivity index (χ1v) is 6.28. The minimum absolute atomic E-state index is 0.804. The Labute approximate surface area is 94.6 Å². The fourth-order valence-corrected chi connectivity index (χ4v) is 4.00. The van der Waals surface area contributed by atoms with Gasteiger partial charge in [-0.2, -0.15) is 5.26 Å². The van der Waals surface area contributed by atoms with Crippen LogP contribution in [-0.4, -0.2) is 30.3 Å². The summed E-state index contributed by atoms with van der Waals surface area (Å²) in [4.78, 5) is 11.5. The van der Waals surface area contributed by atoms with Crippen LogP contribution >= 0.6 is 7.52 Å². The van der Waals surface area contributed by atoms with Gasteiger partial charge in [0.2, 0.25) is 0 Å². The van der Waals surface area contributed by atoms with E-state index in [1.54, 1.807) is 20.8 Å². The first kappa shape index (κ1) is 13.0. The summed E-state index contributed by atoms with van der Waals surface area (Å²) in [6.07, 6.45) is -0.804. The number of amides is 1. The van der Waals surface area contributed by atoms with Crippen molar-refractivity contribution in [1.82, 2.24) is 4.67 Å². The number of carbonyl (C=O) groups excluding carboxylic acids is 1. The molecule has 1 aliphatic heterocycles. The van der Waals surface area contributed by atoms with Crippen LogP contribution in [0.2, 0.25) is 0 Å². The summed E-state index contributed by atoms with van der Waals surface area (Å²) < 4.78 is 23.4. The quantitative estimate of drug-likeness (QED) is 0.662. The lowest BCUT2D eigenvalue weighted by Crippen LogP contribution is -2.41. The van der Waals surface area contributed by atoms with Crippen molar-refractivity contribution < 1.29 is 18.6 Å². The van der Waals surface area contributed by atoms with Crippen molar-refractivity contribution in [3.63, 3.8) is 0 Å². The van der Waals surface area contributed by atoms with Gasteiger partial charge in [0, 0.05) is 19.6 Å². The third-order valence-corrected chi connectivity index (χ3v) is 5.81. The van der Waals surface area contributed by atoms with Crippen LogP contribution in [0.25, 0.3) is 0 Å². The molecule has 0 unspecified atom stereocenters. The van der Waals surface area contributed by atoms with E-state index in [0.717, 1.165) is 4.67 Å². The molecule has 0 aromatic heterocycles. The van der Waals surface area contributed by atoms with Crippen LogP contribution < -0.4 is 0 Å². The van der Waals surface area contributed by atoms with E-state index in [-0.39, 0.29) is 0 Å². The van der Waals surface area contributed by atoms with Crippen LogP contribution in [-0.2, 0) is 13.8 Å². The highest BCUT2D eigenvalue weighted by molar-refractivity contribution is 7.59. The zero-order chi connectivity index (χ0) is 12.8. The second-order valence-electron chi connectivity index (χ2n) is 4.60. The van der Waals surface area contributed by atoms with E-state index >= 15 is 0 Å². The number of nitriles is 1. The molecule has 6 nitrogen and oxygen atoms in total. The molecule has 90 valence electrons. The van der Waals surface area contributed by atoms with E-state index in [1.165, 1.54) is 14.2 Å². The van der Waals surface area contributed by atoms with Crippen LogP contribution in [0.3, 0.4) is 0 Å². The standard InChI is InChI=1S/C9H15N2O4P/c1-8(2,3)9(6-10)15-7(12)11(4)16(9,13)14-5/h1-5H3/t9-,16-/m1/s1. The largest absolute Gasteiger partial charge is 0.419 e. The van der Waals surface area contributed by atoms with E-state index in [0.29, 0.717) is 0 Å². The minimum atomic E-state index is -3.66. The molecule has 1 saturated heterocycles. The van der Waals surface area contributed by atoms with E-state index in [1.807, 2.05) is 6.07 Å². The molecule has 7 heteroatoms. The molecular weight excluding hydrogens is 231 g/mol. The van der Waals surface area contributed by atoms with Gasteiger partial charge in [0.25, 0.3) is 5.34 Å². The highest BCUT2D eigenvalue weighted by Crippen LogP contribution is 2.70. The Morgan fingerprint density at radius 3 is 2.31 bits per heavy atom. The van der Waals surface area contributed by atoms with Gasteiger partial charge in [0.15, 0.2) is 0 Å². The molecule has 0 bridgehead atoms. The number of nitrogens with zero attached hydrogens (tertiary/aromatic N) is 2. The average molecular weight is 246 g/mol. The van der Waals surface area contributed by atoms with Gasteiger partial charge in [0.05, 0.1) is 0 Å². The first-order chi connectivity index (χ1) is 7.16. The average Bonchev–Trinajstić information content (AvgIpc) is 2.40. The van der Waals surface area contributed by atoms with Gasteiger partial charge >= 0.3 is 13.6 Å². The van der Waals surface area contributed by atoms with Crippen LogP contribution in [0, 0.1) is 16.7 Å². The molecule has 0 N–H and O–H groups in total. The predicted octanol–water partition coefficient (Wildman–Crippen LogP) is 2.17. The Morgan fingerprint density at radius 1 is 1.56 bits per heavy atom. The van der Waals surface area contributed by atoms with Crippen molar-refractivity contribution in [1.29, 1.82) is 5.26 Å². The first-order valence-electron chi connectivity index (χ1n) is 4.70. The fourth-order valence-electron chi connectivity index (χ4n) is 1.65. The summed E-state index contributed by atoms with van der Waals surface area (Å²) in [5.74, 6) is 0. The molecule has 1 rings (SSSR count). The number of cyclic esters (lactones) is 1. The lowest BCUT2D eigenvalue weighted by molar-refractivity contribution is 0.0425. The van der Waals surface area contributed by atoms with Gasteiger partial charge < -0.3 is 9.26 Å². The molecule has 0 aliphatic carbocycles. The second-order valence-corrected chi connectivity index (χ2v) is 7.24. The van der Waals surface area contributed by atoms with Crippen LogP contribution in [0.15, 0.2) is 0 Å². The second kappa shape index (κ2) is 3.47. The number of rotatable bonds is 1. The topological polar surface area (TPSA) is 79.6 Å². The van der Waals surface area contributed by atoms with Gasteiger partial charge in [-0.3, -0.25) is 4.57 Å². The zero-order valence-corrected chi connectivity index (χ0v) is 10.9. The Bertz CT molecular complexity index is 409. The molecule has 0 radical (unpaired) electrons. The SMILES string of the molecule is CO[P@@]1(=O)N(C)C(=O)O[C@@]1(C#N)C(C)(C)C. The van der Waals surface area contributed by atoms with E-state index in [2.05, 4.69) is 0 Å². The van der Waals surface area contributed by atoms with E-state index in [9.17, 15) is 14.6 Å². The highest BCUT2D eigenvalue weighted by atomic mass is 31.2. The van der Waals surface area contributed by atoms with Gasteiger partial charge in [-0.1, -0.05) is 20.8 Å². The van der Waals surface area contributed by atoms with Crippen molar-refractivity contribution in [3.05, 3.63) is 0 Å². The smallest absolute Gasteiger partial charge is 0.414 e. The lowest BCUT2D eigenvalue weighted by Gasteiger charge is -2.36. The molecule has 0 aromatic rings. The molecular formula is C9H15N2O4P. The van der Waals surface area contributed by atoms with E-state index < -0.39 is 24.4 Å². The Balaban J connectivity index is 3.50. The number of ether oxygens (including phenoxy) is 1. The summed E-state index contributed by atoms with van der Waals surface area (Å²) in [7, 11) is -1.15. The number of hydrogen-bond acceptors (Lipinski definition) is 5. The minimum Gasteiger partial charge on any atom is -0.414 e. The maximum atomic E-state index is 12.6. The molecule has 0 aromatic carbocycles. The van der Waals surface area contributed by atoms with Crippen LogP contribution in [0.5, 0.6) is 0 Å². The monoisotopic (exact) mass is 246 g/mol. The Morgan fingerprint density at radius 2 is 2.06 bits per heavy atom. The third kappa shape index (κ3) is 1.28. The molecule has 0 saturated carbocycles. The molecule has 1 fully saturated rings. The van der Waals surface area contributed by atoms with Crippen molar-refractivity contribution >= 4 is 13.6 Å². The van der Waals surface area contributed by atoms with Gasteiger partial charge in [-0.25, -0.2) is 9.46 Å².